The normalized spacial score (nSPS) is 12.9. The zero-order chi connectivity index (χ0) is 21.8. The number of halogens is 1. The maximum atomic E-state index is 13.1. The summed E-state index contributed by atoms with van der Waals surface area (Å²) in [4.78, 5) is 37.8. The van der Waals surface area contributed by atoms with Gasteiger partial charge < -0.3 is 5.32 Å². The Balaban J connectivity index is 1.38. The van der Waals surface area contributed by atoms with Gasteiger partial charge in [-0.3, -0.25) is 14.2 Å². The molecule has 1 aliphatic heterocycles. The van der Waals surface area contributed by atoms with Gasteiger partial charge in [-0.1, -0.05) is 18.2 Å². The molecule has 0 saturated carbocycles. The van der Waals surface area contributed by atoms with Gasteiger partial charge >= 0.3 is 5.69 Å². The Kier molecular flexibility index (Phi) is 6.06. The second-order valence-electron chi connectivity index (χ2n) is 7.52. The summed E-state index contributed by atoms with van der Waals surface area (Å²) in [6.07, 6.45) is 3.39. The molecule has 0 radical (unpaired) electrons. The Morgan fingerprint density at radius 3 is 2.52 bits per heavy atom. The van der Waals surface area contributed by atoms with Crippen molar-refractivity contribution < 1.29 is 14.0 Å². The molecule has 160 valence electrons. The first-order valence-electron chi connectivity index (χ1n) is 10.4. The number of hydrogen-bond donors (Lipinski definition) is 1. The van der Waals surface area contributed by atoms with Gasteiger partial charge in [0.1, 0.15) is 11.6 Å². The Bertz CT molecular complexity index is 1160. The summed E-state index contributed by atoms with van der Waals surface area (Å²) in [5, 5.41) is 7.19. The second-order valence-corrected chi connectivity index (χ2v) is 7.52. The number of amides is 1. The lowest BCUT2D eigenvalue weighted by molar-refractivity contribution is 0.0941. The van der Waals surface area contributed by atoms with Crippen LogP contribution in [0.15, 0.2) is 53.3 Å². The molecule has 3 aromatic rings. The minimum absolute atomic E-state index is 0.101. The van der Waals surface area contributed by atoms with Crippen molar-refractivity contribution in [3.05, 3.63) is 87.3 Å². The number of rotatable bonds is 7. The molecule has 0 fully saturated rings. The van der Waals surface area contributed by atoms with Crippen LogP contribution in [0.25, 0.3) is 0 Å². The number of nitrogens with zero attached hydrogens (tertiary/aromatic N) is 3. The van der Waals surface area contributed by atoms with E-state index in [1.54, 1.807) is 28.8 Å². The molecule has 31 heavy (non-hydrogen) atoms. The van der Waals surface area contributed by atoms with E-state index in [0.717, 1.165) is 25.1 Å². The van der Waals surface area contributed by atoms with E-state index < -0.39 is 5.82 Å². The highest BCUT2D eigenvalue weighted by Crippen LogP contribution is 2.15. The third-order valence-electron chi connectivity index (χ3n) is 5.39. The van der Waals surface area contributed by atoms with Crippen molar-refractivity contribution >= 4 is 11.7 Å². The summed E-state index contributed by atoms with van der Waals surface area (Å²) < 4.78 is 16.3. The molecule has 0 unspecified atom stereocenters. The van der Waals surface area contributed by atoms with Gasteiger partial charge in [-0.15, -0.1) is 0 Å². The number of hydrogen-bond acceptors (Lipinski definition) is 4. The Labute approximate surface area is 178 Å². The van der Waals surface area contributed by atoms with Crippen LogP contribution >= 0.6 is 0 Å². The van der Waals surface area contributed by atoms with Crippen LogP contribution in [0.3, 0.4) is 0 Å². The average Bonchev–Trinajstić information content (AvgIpc) is 3.12. The molecule has 7 nitrogen and oxygen atoms in total. The predicted octanol–water partition coefficient (Wildman–Crippen LogP) is 2.57. The summed E-state index contributed by atoms with van der Waals surface area (Å²) in [5.41, 5.74) is 0.720. The van der Waals surface area contributed by atoms with Crippen molar-refractivity contribution in [1.82, 2.24) is 19.7 Å². The first-order chi connectivity index (χ1) is 15.0. The molecule has 0 atom stereocenters. The fourth-order valence-corrected chi connectivity index (χ4v) is 3.76. The molecule has 0 aliphatic carbocycles. The number of nitrogens with one attached hydrogen (secondary N) is 1. The van der Waals surface area contributed by atoms with Gasteiger partial charge in [-0.05, 0) is 49.6 Å². The molecule has 1 aromatic heterocycles. The highest BCUT2D eigenvalue weighted by Gasteiger charge is 2.19. The quantitative estimate of drug-likeness (QED) is 0.468. The Hall–Kier alpha value is -3.55. The van der Waals surface area contributed by atoms with E-state index in [2.05, 4.69) is 10.4 Å². The SMILES string of the molecule is O=C(NCCCn1nc2n(c1=O)CCCC2)c1ccccc1C(=O)c1ccc(F)cc1. The highest BCUT2D eigenvalue weighted by molar-refractivity contribution is 6.15. The van der Waals surface area contributed by atoms with Crippen LogP contribution in [0.2, 0.25) is 0 Å². The lowest BCUT2D eigenvalue weighted by Gasteiger charge is -2.10. The van der Waals surface area contributed by atoms with Gasteiger partial charge in [0.15, 0.2) is 5.78 Å². The summed E-state index contributed by atoms with van der Waals surface area (Å²) in [6.45, 7) is 1.46. The highest BCUT2D eigenvalue weighted by atomic mass is 19.1. The van der Waals surface area contributed by atoms with Crippen LogP contribution in [0.5, 0.6) is 0 Å². The molecular weight excluding hydrogens is 399 g/mol. The maximum Gasteiger partial charge on any atom is 0.345 e. The topological polar surface area (TPSA) is 86.0 Å². The molecule has 2 heterocycles. The number of aryl methyl sites for hydroxylation is 2. The van der Waals surface area contributed by atoms with E-state index in [9.17, 15) is 18.8 Å². The standard InChI is InChI=1S/C23H23FN4O3/c24-17-11-9-16(10-12-17)21(29)18-6-1-2-7-19(18)22(30)25-13-5-15-28-23(31)27-14-4-3-8-20(27)26-28/h1-2,6-7,9-12H,3-5,8,13-15H2,(H,25,30). The maximum absolute atomic E-state index is 13.1. The van der Waals surface area contributed by atoms with Crippen LogP contribution in [0.1, 0.15) is 51.4 Å². The van der Waals surface area contributed by atoms with E-state index in [1.165, 1.54) is 28.9 Å². The molecule has 8 heteroatoms. The van der Waals surface area contributed by atoms with E-state index >= 15 is 0 Å². The van der Waals surface area contributed by atoms with Crippen LogP contribution in [0.4, 0.5) is 4.39 Å². The number of carbonyl (C=O) groups excluding carboxylic acids is 2. The van der Waals surface area contributed by atoms with Gasteiger partial charge in [-0.2, -0.15) is 5.10 Å². The zero-order valence-electron chi connectivity index (χ0n) is 17.0. The third-order valence-corrected chi connectivity index (χ3v) is 5.39. The fraction of sp³-hybridized carbons (Fsp3) is 0.304. The molecule has 0 spiro atoms. The molecule has 4 rings (SSSR count). The van der Waals surface area contributed by atoms with Gasteiger partial charge in [0.2, 0.25) is 0 Å². The van der Waals surface area contributed by atoms with Crippen molar-refractivity contribution in [2.75, 3.05) is 6.54 Å². The van der Waals surface area contributed by atoms with E-state index in [0.29, 0.717) is 31.6 Å². The summed E-state index contributed by atoms with van der Waals surface area (Å²) >= 11 is 0. The van der Waals surface area contributed by atoms with Crippen LogP contribution < -0.4 is 11.0 Å². The predicted molar refractivity (Wildman–Crippen MR) is 113 cm³/mol. The summed E-state index contributed by atoms with van der Waals surface area (Å²) in [5.74, 6) is -0.322. The van der Waals surface area contributed by atoms with Crippen molar-refractivity contribution in [3.8, 4) is 0 Å². The zero-order valence-corrected chi connectivity index (χ0v) is 17.0. The fourth-order valence-electron chi connectivity index (χ4n) is 3.76. The van der Waals surface area contributed by atoms with E-state index in [-0.39, 0.29) is 28.5 Å². The number of aromatic nitrogens is 3. The molecule has 1 N–H and O–H groups in total. The van der Waals surface area contributed by atoms with Gasteiger partial charge in [0, 0.05) is 37.2 Å². The number of fused-ring (bicyclic) bond motifs is 1. The average molecular weight is 422 g/mol. The van der Waals surface area contributed by atoms with Gasteiger partial charge in [0.25, 0.3) is 5.91 Å². The molecule has 0 bridgehead atoms. The van der Waals surface area contributed by atoms with E-state index in [4.69, 9.17) is 0 Å². The van der Waals surface area contributed by atoms with Gasteiger partial charge in [0.05, 0.1) is 5.56 Å². The third kappa shape index (κ3) is 4.47. The molecule has 2 aromatic carbocycles. The number of carbonyl (C=O) groups is 2. The van der Waals surface area contributed by atoms with Crippen molar-refractivity contribution in [2.45, 2.75) is 38.8 Å². The minimum atomic E-state index is -0.430. The minimum Gasteiger partial charge on any atom is -0.352 e. The summed E-state index contributed by atoms with van der Waals surface area (Å²) in [6, 6.07) is 11.8. The lowest BCUT2D eigenvalue weighted by Crippen LogP contribution is -2.30. The molecule has 0 saturated heterocycles. The van der Waals surface area contributed by atoms with Crippen LogP contribution in [-0.2, 0) is 19.5 Å². The van der Waals surface area contributed by atoms with E-state index in [1.807, 2.05) is 0 Å². The second kappa shape index (κ2) is 9.07. The Morgan fingerprint density at radius 1 is 1.03 bits per heavy atom. The van der Waals surface area contributed by atoms with Crippen LogP contribution in [0, 0.1) is 5.82 Å². The van der Waals surface area contributed by atoms with Gasteiger partial charge in [-0.25, -0.2) is 13.9 Å². The van der Waals surface area contributed by atoms with Crippen molar-refractivity contribution in [1.29, 1.82) is 0 Å². The Morgan fingerprint density at radius 2 is 1.77 bits per heavy atom. The molecule has 1 amide bonds. The lowest BCUT2D eigenvalue weighted by atomic mass is 9.98. The van der Waals surface area contributed by atoms with Crippen molar-refractivity contribution in [3.63, 3.8) is 0 Å². The number of benzene rings is 2. The smallest absolute Gasteiger partial charge is 0.345 e. The largest absolute Gasteiger partial charge is 0.352 e. The van der Waals surface area contributed by atoms with Crippen molar-refractivity contribution in [2.24, 2.45) is 0 Å². The molecule has 1 aliphatic rings. The summed E-state index contributed by atoms with van der Waals surface area (Å²) in [7, 11) is 0. The monoisotopic (exact) mass is 422 g/mol. The van der Waals surface area contributed by atoms with Crippen LogP contribution in [-0.4, -0.2) is 32.6 Å². The first-order valence-corrected chi connectivity index (χ1v) is 10.4. The number of ketones is 1. The first kappa shape index (κ1) is 20.7. The molecular formula is C23H23FN4O3.